The molecule has 110 valence electrons. The lowest BCUT2D eigenvalue weighted by atomic mass is 10.2. The van der Waals surface area contributed by atoms with Gasteiger partial charge in [-0.3, -0.25) is 9.59 Å². The van der Waals surface area contributed by atoms with Crippen LogP contribution in [-0.2, 0) is 4.79 Å². The molecule has 2 amide bonds. The first-order chi connectivity index (χ1) is 10.1. The van der Waals surface area contributed by atoms with Crippen molar-refractivity contribution in [3.8, 4) is 0 Å². The Morgan fingerprint density at radius 3 is 2.76 bits per heavy atom. The minimum absolute atomic E-state index is 0.0622. The fourth-order valence-electron chi connectivity index (χ4n) is 1.89. The molecule has 0 radical (unpaired) electrons. The Hall–Kier alpha value is -2.56. The van der Waals surface area contributed by atoms with E-state index < -0.39 is 0 Å². The van der Waals surface area contributed by atoms with Crippen LogP contribution < -0.4 is 10.6 Å². The van der Waals surface area contributed by atoms with Gasteiger partial charge < -0.3 is 15.1 Å². The second-order valence-electron chi connectivity index (χ2n) is 4.75. The predicted octanol–water partition coefficient (Wildman–Crippen LogP) is 2.74. The average Bonchev–Trinajstić information content (AvgIpc) is 2.97. The molecule has 0 aliphatic carbocycles. The molecule has 0 unspecified atom stereocenters. The van der Waals surface area contributed by atoms with Crippen LogP contribution in [0.2, 0.25) is 0 Å². The Morgan fingerprint density at radius 2 is 2.05 bits per heavy atom. The van der Waals surface area contributed by atoms with E-state index in [1.165, 1.54) is 6.26 Å². The number of aryl methyl sites for hydroxylation is 1. The van der Waals surface area contributed by atoms with Crippen molar-refractivity contribution in [3.05, 3.63) is 54.0 Å². The van der Waals surface area contributed by atoms with Crippen LogP contribution in [0.4, 0.5) is 5.69 Å². The number of benzene rings is 1. The molecule has 0 bridgehead atoms. The largest absolute Gasteiger partial charge is 0.459 e. The Morgan fingerprint density at radius 1 is 1.19 bits per heavy atom. The van der Waals surface area contributed by atoms with Crippen LogP contribution >= 0.6 is 0 Å². The van der Waals surface area contributed by atoms with Crippen molar-refractivity contribution in [2.24, 2.45) is 0 Å². The minimum atomic E-state index is -0.265. The van der Waals surface area contributed by atoms with Gasteiger partial charge in [0.1, 0.15) is 0 Å². The van der Waals surface area contributed by atoms with Gasteiger partial charge in [0.2, 0.25) is 5.91 Å². The number of anilines is 1. The lowest BCUT2D eigenvalue weighted by Crippen LogP contribution is -2.25. The third-order valence-corrected chi connectivity index (χ3v) is 2.91. The van der Waals surface area contributed by atoms with E-state index in [2.05, 4.69) is 10.6 Å². The molecule has 1 aromatic carbocycles. The molecule has 0 saturated carbocycles. The third kappa shape index (κ3) is 4.80. The van der Waals surface area contributed by atoms with Crippen LogP contribution in [-0.4, -0.2) is 18.4 Å². The summed E-state index contributed by atoms with van der Waals surface area (Å²) < 4.78 is 4.97. The molecule has 0 spiro atoms. The lowest BCUT2D eigenvalue weighted by Gasteiger charge is -2.06. The summed E-state index contributed by atoms with van der Waals surface area (Å²) in [6.45, 7) is 2.40. The summed E-state index contributed by atoms with van der Waals surface area (Å²) in [5.41, 5.74) is 1.89. The third-order valence-electron chi connectivity index (χ3n) is 2.91. The molecule has 1 aromatic heterocycles. The first-order valence-electron chi connectivity index (χ1n) is 6.83. The topological polar surface area (TPSA) is 71.3 Å². The molecule has 21 heavy (non-hydrogen) atoms. The highest BCUT2D eigenvalue weighted by Gasteiger charge is 2.08. The van der Waals surface area contributed by atoms with Gasteiger partial charge in [0, 0.05) is 18.7 Å². The molecule has 2 rings (SSSR count). The molecule has 5 heteroatoms. The number of hydrogen-bond donors (Lipinski definition) is 2. The maximum atomic E-state index is 11.8. The van der Waals surface area contributed by atoms with Crippen LogP contribution in [0, 0.1) is 6.92 Å². The summed E-state index contributed by atoms with van der Waals surface area (Å²) in [7, 11) is 0. The van der Waals surface area contributed by atoms with Gasteiger partial charge in [0.25, 0.3) is 5.91 Å². The van der Waals surface area contributed by atoms with E-state index in [-0.39, 0.29) is 17.6 Å². The van der Waals surface area contributed by atoms with Crippen molar-refractivity contribution >= 4 is 17.5 Å². The molecular formula is C16H18N2O3. The summed E-state index contributed by atoms with van der Waals surface area (Å²) >= 11 is 0. The van der Waals surface area contributed by atoms with Crippen molar-refractivity contribution in [3.63, 3.8) is 0 Å². The summed E-state index contributed by atoms with van der Waals surface area (Å²) in [5.74, 6) is -0.0499. The Labute approximate surface area is 123 Å². The molecule has 2 N–H and O–H groups in total. The Kier molecular flexibility index (Phi) is 5.15. The van der Waals surface area contributed by atoms with Gasteiger partial charge in [-0.05, 0) is 43.2 Å². The second-order valence-corrected chi connectivity index (χ2v) is 4.75. The Balaban J connectivity index is 1.67. The number of carbonyl (C=O) groups is 2. The van der Waals surface area contributed by atoms with E-state index in [1.807, 2.05) is 31.2 Å². The molecule has 0 aliphatic rings. The summed E-state index contributed by atoms with van der Waals surface area (Å²) in [6, 6.07) is 10.9. The number of amides is 2. The summed E-state index contributed by atoms with van der Waals surface area (Å²) in [5, 5.41) is 5.53. The molecule has 0 saturated heterocycles. The van der Waals surface area contributed by atoms with Gasteiger partial charge in [-0.25, -0.2) is 0 Å². The Bertz CT molecular complexity index is 606. The number of furan rings is 1. The predicted molar refractivity (Wildman–Crippen MR) is 80.1 cm³/mol. The van der Waals surface area contributed by atoms with E-state index in [4.69, 9.17) is 4.42 Å². The maximum Gasteiger partial charge on any atom is 0.286 e. The SMILES string of the molecule is Cc1cccc(NC(=O)CCCNC(=O)c2ccco2)c1. The van der Waals surface area contributed by atoms with Crippen molar-refractivity contribution in [1.29, 1.82) is 0 Å². The zero-order valence-corrected chi connectivity index (χ0v) is 11.9. The van der Waals surface area contributed by atoms with E-state index in [0.717, 1.165) is 11.3 Å². The average molecular weight is 286 g/mol. The normalized spacial score (nSPS) is 10.1. The van der Waals surface area contributed by atoms with Crippen LogP contribution in [0.15, 0.2) is 47.1 Å². The number of nitrogens with one attached hydrogen (secondary N) is 2. The van der Waals surface area contributed by atoms with Crippen LogP contribution in [0.25, 0.3) is 0 Å². The van der Waals surface area contributed by atoms with Crippen LogP contribution in [0.3, 0.4) is 0 Å². The molecule has 0 aliphatic heterocycles. The van der Waals surface area contributed by atoms with E-state index in [9.17, 15) is 9.59 Å². The van der Waals surface area contributed by atoms with Gasteiger partial charge in [-0.2, -0.15) is 0 Å². The monoisotopic (exact) mass is 286 g/mol. The fourth-order valence-corrected chi connectivity index (χ4v) is 1.89. The lowest BCUT2D eigenvalue weighted by molar-refractivity contribution is -0.116. The smallest absolute Gasteiger partial charge is 0.286 e. The highest BCUT2D eigenvalue weighted by molar-refractivity contribution is 5.92. The van der Waals surface area contributed by atoms with Crippen molar-refractivity contribution in [2.45, 2.75) is 19.8 Å². The van der Waals surface area contributed by atoms with Gasteiger partial charge in [-0.15, -0.1) is 0 Å². The second kappa shape index (κ2) is 7.28. The van der Waals surface area contributed by atoms with Crippen molar-refractivity contribution < 1.29 is 14.0 Å². The molecule has 2 aromatic rings. The van der Waals surface area contributed by atoms with E-state index >= 15 is 0 Å². The van der Waals surface area contributed by atoms with Crippen molar-refractivity contribution in [2.75, 3.05) is 11.9 Å². The highest BCUT2D eigenvalue weighted by Crippen LogP contribution is 2.10. The maximum absolute atomic E-state index is 11.8. The number of hydrogen-bond acceptors (Lipinski definition) is 3. The first-order valence-corrected chi connectivity index (χ1v) is 6.83. The van der Waals surface area contributed by atoms with Crippen LogP contribution in [0.1, 0.15) is 29.0 Å². The molecule has 5 nitrogen and oxygen atoms in total. The van der Waals surface area contributed by atoms with Crippen LogP contribution in [0.5, 0.6) is 0 Å². The van der Waals surface area contributed by atoms with Gasteiger partial charge in [0.15, 0.2) is 5.76 Å². The standard InChI is InChI=1S/C16H18N2O3/c1-12-5-2-6-13(11-12)18-15(19)8-3-9-17-16(20)14-7-4-10-21-14/h2,4-7,10-11H,3,8-9H2,1H3,(H,17,20)(H,18,19). The fraction of sp³-hybridized carbons (Fsp3) is 0.250. The minimum Gasteiger partial charge on any atom is -0.459 e. The molecule has 0 fully saturated rings. The first kappa shape index (κ1) is 14.8. The molecular weight excluding hydrogens is 268 g/mol. The van der Waals surface area contributed by atoms with Gasteiger partial charge in [-0.1, -0.05) is 12.1 Å². The zero-order valence-electron chi connectivity index (χ0n) is 11.9. The molecule has 1 heterocycles. The highest BCUT2D eigenvalue weighted by atomic mass is 16.3. The number of carbonyl (C=O) groups excluding carboxylic acids is 2. The summed E-state index contributed by atoms with van der Waals surface area (Å²) in [6.07, 6.45) is 2.38. The van der Waals surface area contributed by atoms with E-state index in [1.54, 1.807) is 12.1 Å². The van der Waals surface area contributed by atoms with Gasteiger partial charge in [0.05, 0.1) is 6.26 Å². The van der Waals surface area contributed by atoms with Crippen molar-refractivity contribution in [1.82, 2.24) is 5.32 Å². The van der Waals surface area contributed by atoms with E-state index in [0.29, 0.717) is 19.4 Å². The molecule has 0 atom stereocenters. The van der Waals surface area contributed by atoms with Gasteiger partial charge >= 0.3 is 0 Å². The quantitative estimate of drug-likeness (QED) is 0.802. The number of rotatable bonds is 6. The zero-order chi connectivity index (χ0) is 15.1. The summed E-state index contributed by atoms with van der Waals surface area (Å²) in [4.78, 5) is 23.3.